The first kappa shape index (κ1) is 17.6. The molecule has 1 unspecified atom stereocenters. The zero-order valence-electron chi connectivity index (χ0n) is 13.6. The van der Waals surface area contributed by atoms with Gasteiger partial charge in [-0.2, -0.15) is 12.7 Å². The number of hydrogen-bond acceptors (Lipinski definition) is 5. The predicted molar refractivity (Wildman–Crippen MR) is 84.3 cm³/mol. The Bertz CT molecular complexity index is 666. The highest BCUT2D eigenvalue weighted by atomic mass is 32.2. The molecule has 1 aromatic rings. The van der Waals surface area contributed by atoms with Gasteiger partial charge in [-0.3, -0.25) is 4.31 Å². The Morgan fingerprint density at radius 2 is 2.09 bits per heavy atom. The smallest absolute Gasteiger partial charge is 0.337 e. The fraction of sp³-hybridized carbons (Fsp3) is 0.533. The normalized spacial score (nSPS) is 21.1. The highest BCUT2D eigenvalue weighted by Crippen LogP contribution is 2.29. The molecule has 0 amide bonds. The summed E-state index contributed by atoms with van der Waals surface area (Å²) < 4.78 is 38.3. The summed E-state index contributed by atoms with van der Waals surface area (Å²) in [5.74, 6) is 0.0104. The lowest BCUT2D eigenvalue weighted by molar-refractivity contribution is -0.139. The molecule has 0 N–H and O–H groups in total. The molecule has 8 heteroatoms. The van der Waals surface area contributed by atoms with Gasteiger partial charge in [-0.05, 0) is 25.5 Å². The molecule has 0 spiro atoms. The van der Waals surface area contributed by atoms with Gasteiger partial charge in [-0.15, -0.1) is 0 Å². The number of carbonyl (C=O) groups excluding carboxylic acids is 1. The highest BCUT2D eigenvalue weighted by Gasteiger charge is 2.41. The van der Waals surface area contributed by atoms with Gasteiger partial charge >= 0.3 is 16.2 Å². The van der Waals surface area contributed by atoms with Crippen molar-refractivity contribution in [3.05, 3.63) is 35.9 Å². The molecular formula is C15H22N2O5S. The van der Waals surface area contributed by atoms with Gasteiger partial charge in [0, 0.05) is 12.7 Å². The van der Waals surface area contributed by atoms with Crippen LogP contribution in [0.3, 0.4) is 0 Å². The predicted octanol–water partition coefficient (Wildman–Crippen LogP) is 1.89. The van der Waals surface area contributed by atoms with Gasteiger partial charge < -0.3 is 9.15 Å². The van der Waals surface area contributed by atoms with E-state index in [9.17, 15) is 13.2 Å². The largest absolute Gasteiger partial charge is 0.467 e. The first-order chi connectivity index (χ1) is 11.0. The van der Waals surface area contributed by atoms with Gasteiger partial charge in [0.1, 0.15) is 5.76 Å². The molecule has 2 heterocycles. The third-order valence-electron chi connectivity index (χ3n) is 3.68. The topological polar surface area (TPSA) is 80.1 Å². The van der Waals surface area contributed by atoms with Crippen LogP contribution in [0, 0.1) is 0 Å². The third-order valence-corrected chi connectivity index (χ3v) is 5.62. The summed E-state index contributed by atoms with van der Waals surface area (Å²) in [6, 6.07) is 2.86. The van der Waals surface area contributed by atoms with E-state index < -0.39 is 22.2 Å². The SMILES string of the molecule is CCOC(=O)C1=CN(Cc2ccco2)S(=O)(=O)N(CC)C1CC. The first-order valence-electron chi connectivity index (χ1n) is 7.65. The van der Waals surface area contributed by atoms with Crippen LogP contribution in [0.1, 0.15) is 33.0 Å². The Morgan fingerprint density at radius 1 is 1.35 bits per heavy atom. The lowest BCUT2D eigenvalue weighted by Crippen LogP contribution is -2.52. The summed E-state index contributed by atoms with van der Waals surface area (Å²) in [4.78, 5) is 12.2. The molecule has 0 bridgehead atoms. The minimum Gasteiger partial charge on any atom is -0.467 e. The van der Waals surface area contributed by atoms with Crippen molar-refractivity contribution in [3.63, 3.8) is 0 Å². The Balaban J connectivity index is 2.45. The standard InChI is InChI=1S/C15H22N2O5S/c1-4-14-13(15(18)21-6-3)11-16(10-12-8-7-9-22-12)23(19,20)17(14)5-2/h7-9,11,14H,4-6,10H2,1-3H3. The Hall–Kier alpha value is -1.80. The van der Waals surface area contributed by atoms with Crippen LogP contribution >= 0.6 is 0 Å². The lowest BCUT2D eigenvalue weighted by atomic mass is 10.1. The highest BCUT2D eigenvalue weighted by molar-refractivity contribution is 7.86. The zero-order valence-corrected chi connectivity index (χ0v) is 14.4. The van der Waals surface area contributed by atoms with E-state index in [1.807, 2.05) is 6.92 Å². The molecule has 0 saturated carbocycles. The van der Waals surface area contributed by atoms with Crippen LogP contribution in [0.5, 0.6) is 0 Å². The Morgan fingerprint density at radius 3 is 2.61 bits per heavy atom. The van der Waals surface area contributed by atoms with E-state index in [4.69, 9.17) is 9.15 Å². The van der Waals surface area contributed by atoms with Crippen molar-refractivity contribution in [2.75, 3.05) is 13.2 Å². The number of likely N-dealkylation sites (N-methyl/N-ethyl adjacent to an activating group) is 1. The Kier molecular flexibility index (Phi) is 5.48. The van der Waals surface area contributed by atoms with Gasteiger partial charge in [0.2, 0.25) is 0 Å². The van der Waals surface area contributed by atoms with Crippen molar-refractivity contribution in [2.24, 2.45) is 0 Å². The molecule has 7 nitrogen and oxygen atoms in total. The third kappa shape index (κ3) is 3.42. The van der Waals surface area contributed by atoms with E-state index in [0.717, 1.165) is 4.31 Å². The van der Waals surface area contributed by atoms with Crippen LogP contribution in [0.2, 0.25) is 0 Å². The van der Waals surface area contributed by atoms with Gasteiger partial charge in [0.15, 0.2) is 0 Å². The minimum absolute atomic E-state index is 0.0329. The van der Waals surface area contributed by atoms with Gasteiger partial charge in [-0.1, -0.05) is 13.8 Å². The number of hydrogen-bond donors (Lipinski definition) is 0. The number of esters is 1. The molecule has 1 aromatic heterocycles. The van der Waals surface area contributed by atoms with Crippen molar-refractivity contribution in [1.82, 2.24) is 8.61 Å². The number of carbonyl (C=O) groups is 1. The number of nitrogens with zero attached hydrogens (tertiary/aromatic N) is 2. The van der Waals surface area contributed by atoms with Crippen LogP contribution in [0.4, 0.5) is 0 Å². The summed E-state index contributed by atoms with van der Waals surface area (Å²) in [5, 5.41) is 0. The molecule has 1 aliphatic rings. The average molecular weight is 342 g/mol. The maximum atomic E-state index is 12.8. The van der Waals surface area contributed by atoms with Gasteiger partial charge in [0.25, 0.3) is 0 Å². The molecule has 128 valence electrons. The second kappa shape index (κ2) is 7.18. The molecular weight excluding hydrogens is 320 g/mol. The van der Waals surface area contributed by atoms with Crippen molar-refractivity contribution in [3.8, 4) is 0 Å². The van der Waals surface area contributed by atoms with Crippen molar-refractivity contribution in [1.29, 1.82) is 0 Å². The van der Waals surface area contributed by atoms with Crippen LogP contribution in [0.15, 0.2) is 34.6 Å². The molecule has 0 radical (unpaired) electrons. The van der Waals surface area contributed by atoms with E-state index in [1.54, 1.807) is 26.0 Å². The second-order valence-corrected chi connectivity index (χ2v) is 6.90. The summed E-state index contributed by atoms with van der Waals surface area (Å²) in [6.07, 6.45) is 3.34. The summed E-state index contributed by atoms with van der Waals surface area (Å²) in [5.41, 5.74) is 0.345. The molecule has 1 atom stereocenters. The van der Waals surface area contributed by atoms with Crippen molar-refractivity contribution in [2.45, 2.75) is 39.8 Å². The fourth-order valence-electron chi connectivity index (χ4n) is 2.65. The monoisotopic (exact) mass is 342 g/mol. The summed E-state index contributed by atoms with van der Waals surface area (Å²) in [6.45, 7) is 5.86. The van der Waals surface area contributed by atoms with Crippen molar-refractivity contribution >= 4 is 16.2 Å². The lowest BCUT2D eigenvalue weighted by Gasteiger charge is -2.38. The molecule has 0 aromatic carbocycles. The van der Waals surface area contributed by atoms with E-state index >= 15 is 0 Å². The average Bonchev–Trinajstić information content (AvgIpc) is 3.01. The molecule has 2 rings (SSSR count). The molecule has 0 fully saturated rings. The van der Waals surface area contributed by atoms with Crippen molar-refractivity contribution < 1.29 is 22.4 Å². The molecule has 23 heavy (non-hydrogen) atoms. The number of furan rings is 1. The van der Waals surface area contributed by atoms with Gasteiger partial charge in [0.05, 0.1) is 31.0 Å². The number of rotatable bonds is 6. The van der Waals surface area contributed by atoms with Crippen LogP contribution < -0.4 is 0 Å². The fourth-order valence-corrected chi connectivity index (χ4v) is 4.37. The molecule has 0 aliphatic carbocycles. The minimum atomic E-state index is -3.71. The van der Waals surface area contributed by atoms with E-state index in [1.165, 1.54) is 16.8 Å². The van der Waals surface area contributed by atoms with Crippen LogP contribution in [0.25, 0.3) is 0 Å². The zero-order chi connectivity index (χ0) is 17.0. The maximum Gasteiger partial charge on any atom is 0.337 e. The number of ether oxygens (including phenoxy) is 1. The van der Waals surface area contributed by atoms with Crippen LogP contribution in [-0.2, 0) is 26.3 Å². The second-order valence-electron chi connectivity index (χ2n) is 5.06. The summed E-state index contributed by atoms with van der Waals surface area (Å²) >= 11 is 0. The molecule has 0 saturated heterocycles. The first-order valence-corrected chi connectivity index (χ1v) is 9.05. The van der Waals surface area contributed by atoms with E-state index in [2.05, 4.69) is 0 Å². The van der Waals surface area contributed by atoms with E-state index in [0.29, 0.717) is 17.8 Å². The molecule has 1 aliphatic heterocycles. The maximum absolute atomic E-state index is 12.8. The van der Waals surface area contributed by atoms with E-state index in [-0.39, 0.29) is 19.7 Å². The quantitative estimate of drug-likeness (QED) is 0.738. The Labute approximate surface area is 136 Å². The van der Waals surface area contributed by atoms with Crippen LogP contribution in [-0.4, -0.2) is 42.2 Å². The van der Waals surface area contributed by atoms with Gasteiger partial charge in [-0.25, -0.2) is 4.79 Å². The summed E-state index contributed by atoms with van der Waals surface area (Å²) in [7, 11) is -3.71.